The van der Waals surface area contributed by atoms with E-state index < -0.39 is 0 Å². The molecular weight excluding hydrogens is 338 g/mol. The highest BCUT2D eigenvalue weighted by Gasteiger charge is 2.10. The lowest BCUT2D eigenvalue weighted by atomic mass is 10.2. The first-order valence-corrected chi connectivity index (χ1v) is 8.61. The Bertz CT molecular complexity index is 946. The summed E-state index contributed by atoms with van der Waals surface area (Å²) in [7, 11) is 1.65. The standard InChI is InChI=1S/C16H15N7OS/c1-24-14-5-3-12(4-6-14)9-23-16(19-20-21-23)25-11-13-10-22-8-2-7-17-15(22)18-13/h2-8,10H,9,11H2,1H3. The highest BCUT2D eigenvalue weighted by Crippen LogP contribution is 2.21. The number of hydrogen-bond acceptors (Lipinski definition) is 7. The quantitative estimate of drug-likeness (QED) is 0.491. The molecule has 0 unspecified atom stereocenters. The summed E-state index contributed by atoms with van der Waals surface area (Å²) in [6.45, 7) is 0.603. The zero-order chi connectivity index (χ0) is 17.1. The van der Waals surface area contributed by atoms with Gasteiger partial charge in [0.15, 0.2) is 0 Å². The number of fused-ring (bicyclic) bond motifs is 1. The van der Waals surface area contributed by atoms with Crippen LogP contribution in [-0.4, -0.2) is 41.7 Å². The molecule has 0 amide bonds. The summed E-state index contributed by atoms with van der Waals surface area (Å²) in [5, 5.41) is 12.7. The Hall–Kier alpha value is -2.94. The zero-order valence-electron chi connectivity index (χ0n) is 13.5. The highest BCUT2D eigenvalue weighted by atomic mass is 32.2. The molecule has 126 valence electrons. The largest absolute Gasteiger partial charge is 0.497 e. The van der Waals surface area contributed by atoms with Crippen LogP contribution in [0.2, 0.25) is 0 Å². The minimum absolute atomic E-state index is 0.603. The third-order valence-electron chi connectivity index (χ3n) is 3.62. The van der Waals surface area contributed by atoms with E-state index in [1.807, 2.05) is 47.1 Å². The van der Waals surface area contributed by atoms with Crippen LogP contribution in [0.1, 0.15) is 11.3 Å². The molecule has 8 nitrogen and oxygen atoms in total. The number of tetrazole rings is 1. The molecular formula is C16H15N7OS. The van der Waals surface area contributed by atoms with E-state index in [1.165, 1.54) is 0 Å². The molecule has 4 aromatic rings. The van der Waals surface area contributed by atoms with Gasteiger partial charge in [-0.1, -0.05) is 23.9 Å². The zero-order valence-corrected chi connectivity index (χ0v) is 14.3. The molecule has 0 N–H and O–H groups in total. The van der Waals surface area contributed by atoms with Crippen LogP contribution in [0.25, 0.3) is 5.78 Å². The molecule has 0 aliphatic heterocycles. The summed E-state index contributed by atoms with van der Waals surface area (Å²) >= 11 is 1.55. The van der Waals surface area contributed by atoms with Gasteiger partial charge in [-0.25, -0.2) is 14.6 Å². The van der Waals surface area contributed by atoms with Gasteiger partial charge in [0.2, 0.25) is 10.9 Å². The maximum absolute atomic E-state index is 5.18. The molecule has 1 aromatic carbocycles. The fourth-order valence-electron chi connectivity index (χ4n) is 2.39. The Balaban J connectivity index is 1.45. The molecule has 0 saturated heterocycles. The minimum Gasteiger partial charge on any atom is -0.497 e. The third-order valence-corrected chi connectivity index (χ3v) is 4.62. The van der Waals surface area contributed by atoms with E-state index >= 15 is 0 Å². The van der Waals surface area contributed by atoms with Gasteiger partial charge in [-0.15, -0.1) is 5.10 Å². The average Bonchev–Trinajstić information content (AvgIpc) is 3.26. The number of rotatable bonds is 6. The normalized spacial score (nSPS) is 11.1. The smallest absolute Gasteiger partial charge is 0.233 e. The second-order valence-electron chi connectivity index (χ2n) is 5.32. The van der Waals surface area contributed by atoms with Gasteiger partial charge in [-0.3, -0.25) is 4.40 Å². The Kier molecular flexibility index (Phi) is 4.30. The number of aromatic nitrogens is 7. The molecule has 0 atom stereocenters. The highest BCUT2D eigenvalue weighted by molar-refractivity contribution is 7.98. The van der Waals surface area contributed by atoms with Crippen LogP contribution in [0.3, 0.4) is 0 Å². The molecule has 9 heteroatoms. The summed E-state index contributed by atoms with van der Waals surface area (Å²) in [6.07, 6.45) is 5.62. The van der Waals surface area contributed by atoms with Crippen LogP contribution in [0.5, 0.6) is 5.75 Å². The van der Waals surface area contributed by atoms with Crippen molar-refractivity contribution in [1.29, 1.82) is 0 Å². The predicted octanol–water partition coefficient (Wildman–Crippen LogP) is 2.06. The van der Waals surface area contributed by atoms with Crippen molar-refractivity contribution in [2.24, 2.45) is 0 Å². The molecule has 0 fully saturated rings. The van der Waals surface area contributed by atoms with E-state index in [0.29, 0.717) is 18.1 Å². The molecule has 4 rings (SSSR count). The van der Waals surface area contributed by atoms with Crippen molar-refractivity contribution in [2.45, 2.75) is 17.5 Å². The number of hydrogen-bond donors (Lipinski definition) is 0. The number of benzene rings is 1. The van der Waals surface area contributed by atoms with Crippen molar-refractivity contribution < 1.29 is 4.74 Å². The fraction of sp³-hybridized carbons (Fsp3) is 0.188. The van der Waals surface area contributed by atoms with Crippen LogP contribution in [-0.2, 0) is 12.3 Å². The third kappa shape index (κ3) is 3.45. The topological polar surface area (TPSA) is 83.0 Å². The molecule has 0 aliphatic carbocycles. The summed E-state index contributed by atoms with van der Waals surface area (Å²) in [5.74, 6) is 2.19. The van der Waals surface area contributed by atoms with Gasteiger partial charge in [0.05, 0.1) is 19.3 Å². The van der Waals surface area contributed by atoms with Gasteiger partial charge in [0.25, 0.3) is 0 Å². The summed E-state index contributed by atoms with van der Waals surface area (Å²) in [5.41, 5.74) is 2.04. The van der Waals surface area contributed by atoms with Crippen LogP contribution < -0.4 is 4.74 Å². The van der Waals surface area contributed by atoms with Crippen molar-refractivity contribution in [2.75, 3.05) is 7.11 Å². The van der Waals surface area contributed by atoms with Crippen LogP contribution >= 0.6 is 11.8 Å². The summed E-state index contributed by atoms with van der Waals surface area (Å²) in [4.78, 5) is 8.71. The van der Waals surface area contributed by atoms with E-state index in [1.54, 1.807) is 29.8 Å². The van der Waals surface area contributed by atoms with Crippen molar-refractivity contribution in [1.82, 2.24) is 34.6 Å². The van der Waals surface area contributed by atoms with Crippen LogP contribution in [0, 0.1) is 0 Å². The van der Waals surface area contributed by atoms with Gasteiger partial charge >= 0.3 is 0 Å². The summed E-state index contributed by atoms with van der Waals surface area (Å²) < 4.78 is 8.85. The van der Waals surface area contributed by atoms with Gasteiger partial charge in [0, 0.05) is 24.3 Å². The SMILES string of the molecule is COc1ccc(Cn2nnnc2SCc2cn3cccnc3n2)cc1. The molecule has 0 aliphatic rings. The van der Waals surface area contributed by atoms with Crippen molar-refractivity contribution in [3.05, 3.63) is 60.2 Å². The van der Waals surface area contributed by atoms with E-state index in [2.05, 4.69) is 25.5 Å². The van der Waals surface area contributed by atoms with Crippen LogP contribution in [0.4, 0.5) is 0 Å². The monoisotopic (exact) mass is 353 g/mol. The van der Waals surface area contributed by atoms with Gasteiger partial charge in [0.1, 0.15) is 5.75 Å². The lowest BCUT2D eigenvalue weighted by Crippen LogP contribution is -2.04. The Labute approximate surface area is 147 Å². The van der Waals surface area contributed by atoms with Gasteiger partial charge in [-0.2, -0.15) is 0 Å². The minimum atomic E-state index is 0.603. The number of ether oxygens (including phenoxy) is 1. The van der Waals surface area contributed by atoms with Crippen molar-refractivity contribution >= 4 is 17.5 Å². The first kappa shape index (κ1) is 15.6. The average molecular weight is 353 g/mol. The van der Waals surface area contributed by atoms with E-state index in [4.69, 9.17) is 4.74 Å². The molecule has 25 heavy (non-hydrogen) atoms. The van der Waals surface area contributed by atoms with Crippen molar-refractivity contribution in [3.63, 3.8) is 0 Å². The van der Waals surface area contributed by atoms with Crippen molar-refractivity contribution in [3.8, 4) is 5.75 Å². The maximum atomic E-state index is 5.18. The fourth-order valence-corrected chi connectivity index (χ4v) is 3.15. The van der Waals surface area contributed by atoms with E-state index in [0.717, 1.165) is 22.2 Å². The first-order valence-electron chi connectivity index (χ1n) is 7.62. The molecule has 3 heterocycles. The molecule has 0 saturated carbocycles. The van der Waals surface area contributed by atoms with E-state index in [9.17, 15) is 0 Å². The van der Waals surface area contributed by atoms with Gasteiger partial charge in [-0.05, 0) is 34.2 Å². The number of methoxy groups -OCH3 is 1. The lowest BCUT2D eigenvalue weighted by Gasteiger charge is -2.05. The van der Waals surface area contributed by atoms with Gasteiger partial charge < -0.3 is 4.74 Å². The lowest BCUT2D eigenvalue weighted by molar-refractivity contribution is 0.414. The Morgan fingerprint density at radius 1 is 1.20 bits per heavy atom. The second-order valence-corrected chi connectivity index (χ2v) is 6.26. The molecule has 3 aromatic heterocycles. The Morgan fingerprint density at radius 2 is 2.08 bits per heavy atom. The van der Waals surface area contributed by atoms with Crippen LogP contribution in [0.15, 0.2) is 54.1 Å². The summed E-state index contributed by atoms with van der Waals surface area (Å²) in [6, 6.07) is 9.73. The second kappa shape index (κ2) is 6.89. The molecule has 0 spiro atoms. The number of imidazole rings is 1. The molecule has 0 radical (unpaired) electrons. The predicted molar refractivity (Wildman–Crippen MR) is 92.5 cm³/mol. The molecule has 0 bridgehead atoms. The first-order chi connectivity index (χ1) is 12.3. The maximum Gasteiger partial charge on any atom is 0.233 e. The van der Waals surface area contributed by atoms with E-state index in [-0.39, 0.29) is 0 Å². The Morgan fingerprint density at radius 3 is 2.88 bits per heavy atom. The number of nitrogens with zero attached hydrogens (tertiary/aromatic N) is 7. The number of thioether (sulfide) groups is 1.